The summed E-state index contributed by atoms with van der Waals surface area (Å²) in [6.07, 6.45) is 0. The van der Waals surface area contributed by atoms with Crippen molar-refractivity contribution in [2.45, 2.75) is 13.5 Å². The Labute approximate surface area is 137 Å². The van der Waals surface area contributed by atoms with Crippen molar-refractivity contribution in [1.29, 1.82) is 0 Å². The van der Waals surface area contributed by atoms with E-state index < -0.39 is 0 Å². The number of nitrogens with two attached hydrogens (primary N) is 1. The average molecular weight is 392 g/mol. The van der Waals surface area contributed by atoms with Crippen LogP contribution in [0.15, 0.2) is 35.3 Å². The minimum atomic E-state index is -0.258. The number of nitrogens with one attached hydrogen (secondary N) is 1. The van der Waals surface area contributed by atoms with Gasteiger partial charge >= 0.3 is 0 Å². The van der Waals surface area contributed by atoms with E-state index in [0.29, 0.717) is 24.7 Å². The van der Waals surface area contributed by atoms with Gasteiger partial charge in [0, 0.05) is 20.6 Å². The van der Waals surface area contributed by atoms with Gasteiger partial charge in [0.1, 0.15) is 5.82 Å². The SMILES string of the molecule is C=C(C)CNC(N)=NCc1ccc(N(C)C)c(F)c1.I. The maximum Gasteiger partial charge on any atom is 0.189 e. The van der Waals surface area contributed by atoms with Crippen LogP contribution in [-0.4, -0.2) is 26.6 Å². The van der Waals surface area contributed by atoms with Crippen molar-refractivity contribution >= 4 is 35.6 Å². The zero-order valence-electron chi connectivity index (χ0n) is 12.1. The number of nitrogens with zero attached hydrogens (tertiary/aromatic N) is 2. The van der Waals surface area contributed by atoms with Crippen molar-refractivity contribution in [3.05, 3.63) is 41.7 Å². The average Bonchev–Trinajstić information content (AvgIpc) is 2.33. The summed E-state index contributed by atoms with van der Waals surface area (Å²) in [4.78, 5) is 5.87. The molecule has 20 heavy (non-hydrogen) atoms. The van der Waals surface area contributed by atoms with Gasteiger partial charge < -0.3 is 16.0 Å². The number of hydrogen-bond acceptors (Lipinski definition) is 2. The minimum absolute atomic E-state index is 0. The number of halogens is 2. The van der Waals surface area contributed by atoms with Gasteiger partial charge in [0.15, 0.2) is 5.96 Å². The van der Waals surface area contributed by atoms with E-state index in [0.717, 1.165) is 11.1 Å². The van der Waals surface area contributed by atoms with Gasteiger partial charge in [0.2, 0.25) is 0 Å². The second kappa shape index (κ2) is 8.78. The molecular weight excluding hydrogens is 370 g/mol. The summed E-state index contributed by atoms with van der Waals surface area (Å²) in [5, 5.41) is 2.92. The number of aliphatic imine (C=N–C) groups is 1. The second-order valence-electron chi connectivity index (χ2n) is 4.69. The lowest BCUT2D eigenvalue weighted by Crippen LogP contribution is -2.32. The maximum atomic E-state index is 13.7. The van der Waals surface area contributed by atoms with Gasteiger partial charge in [0.05, 0.1) is 12.2 Å². The third-order valence-corrected chi connectivity index (χ3v) is 2.50. The lowest BCUT2D eigenvalue weighted by molar-refractivity contribution is 0.624. The third kappa shape index (κ3) is 6.23. The third-order valence-electron chi connectivity index (χ3n) is 2.50. The van der Waals surface area contributed by atoms with E-state index in [9.17, 15) is 4.39 Å². The summed E-state index contributed by atoms with van der Waals surface area (Å²) in [6.45, 7) is 6.59. The molecule has 112 valence electrons. The summed E-state index contributed by atoms with van der Waals surface area (Å²) in [5.41, 5.74) is 7.99. The Hall–Kier alpha value is -1.31. The highest BCUT2D eigenvalue weighted by atomic mass is 127. The Morgan fingerprint density at radius 3 is 2.60 bits per heavy atom. The molecule has 0 saturated carbocycles. The molecule has 1 rings (SSSR count). The Morgan fingerprint density at radius 2 is 2.10 bits per heavy atom. The fourth-order valence-electron chi connectivity index (χ4n) is 1.49. The van der Waals surface area contributed by atoms with E-state index in [1.54, 1.807) is 25.1 Å². The molecule has 0 aliphatic carbocycles. The van der Waals surface area contributed by atoms with E-state index >= 15 is 0 Å². The van der Waals surface area contributed by atoms with Crippen LogP contribution in [0.4, 0.5) is 10.1 Å². The predicted molar refractivity (Wildman–Crippen MR) is 94.3 cm³/mol. The Bertz CT molecular complexity index is 486. The fraction of sp³-hybridized carbons (Fsp3) is 0.357. The molecule has 0 amide bonds. The smallest absolute Gasteiger partial charge is 0.189 e. The molecule has 3 N–H and O–H groups in total. The monoisotopic (exact) mass is 392 g/mol. The van der Waals surface area contributed by atoms with Crippen LogP contribution in [0.1, 0.15) is 12.5 Å². The van der Waals surface area contributed by atoms with Gasteiger partial charge in [0.25, 0.3) is 0 Å². The molecule has 0 atom stereocenters. The molecule has 0 heterocycles. The number of anilines is 1. The van der Waals surface area contributed by atoms with Gasteiger partial charge in [-0.1, -0.05) is 18.2 Å². The quantitative estimate of drug-likeness (QED) is 0.351. The molecule has 0 saturated heterocycles. The highest BCUT2D eigenvalue weighted by molar-refractivity contribution is 14.0. The fourth-order valence-corrected chi connectivity index (χ4v) is 1.49. The van der Waals surface area contributed by atoms with Gasteiger partial charge in [-0.2, -0.15) is 0 Å². The topological polar surface area (TPSA) is 53.6 Å². The van der Waals surface area contributed by atoms with Crippen molar-refractivity contribution in [2.75, 3.05) is 25.5 Å². The summed E-state index contributed by atoms with van der Waals surface area (Å²) in [7, 11) is 3.60. The normalized spacial score (nSPS) is 10.7. The van der Waals surface area contributed by atoms with Gasteiger partial charge in [-0.05, 0) is 24.6 Å². The minimum Gasteiger partial charge on any atom is -0.375 e. The van der Waals surface area contributed by atoms with Crippen molar-refractivity contribution in [3.63, 3.8) is 0 Å². The van der Waals surface area contributed by atoms with Crippen LogP contribution < -0.4 is 16.0 Å². The van der Waals surface area contributed by atoms with Crippen molar-refractivity contribution in [1.82, 2.24) is 5.32 Å². The Kier molecular flexibility index (Phi) is 8.21. The number of hydrogen-bond donors (Lipinski definition) is 2. The number of guanidine groups is 1. The molecule has 0 aliphatic rings. The van der Waals surface area contributed by atoms with Gasteiger partial charge in [-0.15, -0.1) is 24.0 Å². The molecule has 0 fully saturated rings. The van der Waals surface area contributed by atoms with Crippen LogP contribution in [-0.2, 0) is 6.54 Å². The molecule has 0 bridgehead atoms. The first kappa shape index (κ1) is 18.7. The molecular formula is C14H22FIN4. The number of rotatable bonds is 5. The standard InChI is InChI=1S/C14H21FN4.HI/c1-10(2)8-17-14(16)18-9-11-5-6-13(19(3)4)12(15)7-11;/h5-7H,1,8-9H2,2-4H3,(H3,16,17,18);1H. The summed E-state index contributed by atoms with van der Waals surface area (Å²) >= 11 is 0. The van der Waals surface area contributed by atoms with Gasteiger partial charge in [-0.25, -0.2) is 9.38 Å². The van der Waals surface area contributed by atoms with E-state index in [-0.39, 0.29) is 29.8 Å². The Balaban J connectivity index is 0.00000361. The van der Waals surface area contributed by atoms with E-state index in [1.165, 1.54) is 6.07 Å². The van der Waals surface area contributed by atoms with E-state index in [4.69, 9.17) is 5.73 Å². The highest BCUT2D eigenvalue weighted by Gasteiger charge is 2.04. The first-order valence-electron chi connectivity index (χ1n) is 6.04. The molecule has 6 heteroatoms. The van der Waals surface area contributed by atoms with Crippen LogP contribution in [0.2, 0.25) is 0 Å². The molecule has 0 aliphatic heterocycles. The van der Waals surface area contributed by atoms with Gasteiger partial charge in [-0.3, -0.25) is 0 Å². The van der Waals surface area contributed by atoms with Crippen LogP contribution in [0.5, 0.6) is 0 Å². The summed E-state index contributed by atoms with van der Waals surface area (Å²) in [5.74, 6) is 0.0752. The predicted octanol–water partition coefficient (Wildman–Crippen LogP) is 2.49. The maximum absolute atomic E-state index is 13.7. The molecule has 1 aromatic rings. The zero-order chi connectivity index (χ0) is 14.4. The lowest BCUT2D eigenvalue weighted by Gasteiger charge is -2.13. The van der Waals surface area contributed by atoms with Crippen molar-refractivity contribution in [3.8, 4) is 0 Å². The van der Waals surface area contributed by atoms with E-state index in [1.807, 2.05) is 13.0 Å². The van der Waals surface area contributed by atoms with E-state index in [2.05, 4.69) is 16.9 Å². The largest absolute Gasteiger partial charge is 0.375 e. The van der Waals surface area contributed by atoms with Crippen molar-refractivity contribution < 1.29 is 4.39 Å². The highest BCUT2D eigenvalue weighted by Crippen LogP contribution is 2.18. The lowest BCUT2D eigenvalue weighted by atomic mass is 10.2. The van der Waals surface area contributed by atoms with Crippen molar-refractivity contribution in [2.24, 2.45) is 10.7 Å². The summed E-state index contributed by atoms with van der Waals surface area (Å²) in [6, 6.07) is 5.05. The summed E-state index contributed by atoms with van der Waals surface area (Å²) < 4.78 is 13.7. The molecule has 4 nitrogen and oxygen atoms in total. The number of benzene rings is 1. The van der Waals surface area contributed by atoms with Crippen LogP contribution in [0.3, 0.4) is 0 Å². The molecule has 1 aromatic carbocycles. The zero-order valence-corrected chi connectivity index (χ0v) is 14.4. The second-order valence-corrected chi connectivity index (χ2v) is 4.69. The van der Waals surface area contributed by atoms with Crippen LogP contribution in [0.25, 0.3) is 0 Å². The first-order chi connectivity index (χ1) is 8.90. The van der Waals surface area contributed by atoms with Crippen LogP contribution >= 0.6 is 24.0 Å². The molecule has 0 aromatic heterocycles. The van der Waals surface area contributed by atoms with Crippen LogP contribution in [0, 0.1) is 5.82 Å². The molecule has 0 unspecified atom stereocenters. The Morgan fingerprint density at radius 1 is 1.45 bits per heavy atom. The molecule has 0 spiro atoms. The molecule has 0 radical (unpaired) electrons. The first-order valence-corrected chi connectivity index (χ1v) is 6.04.